The molecular formula is C17H16BrClO2. The smallest absolute Gasteiger partial charge is 0.138 e. The molecule has 0 saturated heterocycles. The second-order valence-corrected chi connectivity index (χ2v) is 6.23. The Labute approximate surface area is 138 Å². The molecule has 0 amide bonds. The molecule has 0 N–H and O–H groups in total. The van der Waals surface area contributed by atoms with Gasteiger partial charge in [0.05, 0.1) is 5.02 Å². The molecule has 1 aliphatic heterocycles. The molecule has 110 valence electrons. The standard InChI is InChI=1S/C17H16BrClO2/c1-11-2-4-16-13(6-11)8-14(21-16)10-20-17-5-3-12(9-18)7-15(17)19/h2-7,14H,8-10H2,1H3. The van der Waals surface area contributed by atoms with Gasteiger partial charge in [0.2, 0.25) is 0 Å². The molecule has 0 aromatic heterocycles. The lowest BCUT2D eigenvalue weighted by atomic mass is 10.1. The van der Waals surface area contributed by atoms with Crippen molar-refractivity contribution in [2.45, 2.75) is 24.8 Å². The van der Waals surface area contributed by atoms with Gasteiger partial charge in [0.1, 0.15) is 24.2 Å². The fraction of sp³-hybridized carbons (Fsp3) is 0.294. The molecule has 1 unspecified atom stereocenters. The van der Waals surface area contributed by atoms with Crippen molar-refractivity contribution in [1.29, 1.82) is 0 Å². The summed E-state index contributed by atoms with van der Waals surface area (Å²) < 4.78 is 11.7. The van der Waals surface area contributed by atoms with E-state index in [4.69, 9.17) is 21.1 Å². The van der Waals surface area contributed by atoms with Gasteiger partial charge in [-0.1, -0.05) is 51.3 Å². The zero-order valence-electron chi connectivity index (χ0n) is 11.7. The van der Waals surface area contributed by atoms with Gasteiger partial charge in [-0.2, -0.15) is 0 Å². The van der Waals surface area contributed by atoms with Crippen LogP contribution in [0.5, 0.6) is 11.5 Å². The first-order valence-electron chi connectivity index (χ1n) is 6.89. The monoisotopic (exact) mass is 366 g/mol. The molecule has 0 spiro atoms. The summed E-state index contributed by atoms with van der Waals surface area (Å²) in [6, 6.07) is 12.1. The van der Waals surface area contributed by atoms with Crippen LogP contribution in [0.25, 0.3) is 0 Å². The van der Waals surface area contributed by atoms with Crippen molar-refractivity contribution in [3.05, 3.63) is 58.1 Å². The highest BCUT2D eigenvalue weighted by atomic mass is 79.9. The summed E-state index contributed by atoms with van der Waals surface area (Å²) >= 11 is 9.63. The lowest BCUT2D eigenvalue weighted by Crippen LogP contribution is -2.22. The fourth-order valence-electron chi connectivity index (χ4n) is 2.47. The van der Waals surface area contributed by atoms with Crippen molar-refractivity contribution in [2.24, 2.45) is 0 Å². The second-order valence-electron chi connectivity index (χ2n) is 5.26. The molecule has 0 saturated carbocycles. The van der Waals surface area contributed by atoms with Crippen LogP contribution in [0, 0.1) is 6.92 Å². The van der Waals surface area contributed by atoms with Gasteiger partial charge < -0.3 is 9.47 Å². The lowest BCUT2D eigenvalue weighted by molar-refractivity contribution is 0.148. The van der Waals surface area contributed by atoms with Gasteiger partial charge in [-0.15, -0.1) is 0 Å². The Morgan fingerprint density at radius 3 is 2.90 bits per heavy atom. The highest BCUT2D eigenvalue weighted by Crippen LogP contribution is 2.31. The predicted octanol–water partition coefficient (Wildman–Crippen LogP) is 4.93. The maximum Gasteiger partial charge on any atom is 0.138 e. The van der Waals surface area contributed by atoms with Gasteiger partial charge in [0.25, 0.3) is 0 Å². The molecule has 0 fully saturated rings. The largest absolute Gasteiger partial charge is 0.488 e. The normalized spacial score (nSPS) is 16.4. The van der Waals surface area contributed by atoms with Crippen LogP contribution >= 0.6 is 27.5 Å². The molecule has 1 heterocycles. The Morgan fingerprint density at radius 2 is 2.14 bits per heavy atom. The zero-order valence-corrected chi connectivity index (χ0v) is 14.1. The van der Waals surface area contributed by atoms with E-state index in [9.17, 15) is 0 Å². The molecule has 1 aliphatic rings. The lowest BCUT2D eigenvalue weighted by Gasteiger charge is -2.13. The molecule has 1 atom stereocenters. The van der Waals surface area contributed by atoms with Crippen molar-refractivity contribution in [2.75, 3.05) is 6.61 Å². The molecule has 4 heteroatoms. The molecule has 0 aliphatic carbocycles. The van der Waals surface area contributed by atoms with E-state index in [-0.39, 0.29) is 6.10 Å². The van der Waals surface area contributed by atoms with E-state index in [0.717, 1.165) is 23.1 Å². The SMILES string of the molecule is Cc1ccc2c(c1)CC(COc1ccc(CBr)cc1Cl)O2. The van der Waals surface area contributed by atoms with Crippen LogP contribution in [-0.4, -0.2) is 12.7 Å². The third kappa shape index (κ3) is 3.35. The number of alkyl halides is 1. The first-order chi connectivity index (χ1) is 10.2. The predicted molar refractivity (Wildman–Crippen MR) is 88.9 cm³/mol. The van der Waals surface area contributed by atoms with Crippen molar-refractivity contribution >= 4 is 27.5 Å². The topological polar surface area (TPSA) is 18.5 Å². The van der Waals surface area contributed by atoms with Crippen molar-refractivity contribution in [3.8, 4) is 11.5 Å². The summed E-state index contributed by atoms with van der Waals surface area (Å²) in [6.45, 7) is 2.59. The minimum absolute atomic E-state index is 0.0497. The molecule has 0 bridgehead atoms. The number of aryl methyl sites for hydroxylation is 1. The van der Waals surface area contributed by atoms with Gasteiger partial charge in [-0.3, -0.25) is 0 Å². The summed E-state index contributed by atoms with van der Waals surface area (Å²) in [5, 5.41) is 1.42. The number of fused-ring (bicyclic) bond motifs is 1. The summed E-state index contributed by atoms with van der Waals surface area (Å²) in [6.07, 6.45) is 0.933. The van der Waals surface area contributed by atoms with Crippen LogP contribution in [0.1, 0.15) is 16.7 Å². The number of halogens is 2. The quantitative estimate of drug-likeness (QED) is 0.714. The van der Waals surface area contributed by atoms with Gasteiger partial charge in [-0.05, 0) is 36.2 Å². The van der Waals surface area contributed by atoms with E-state index >= 15 is 0 Å². The number of ether oxygens (including phenoxy) is 2. The minimum Gasteiger partial charge on any atom is -0.488 e. The van der Waals surface area contributed by atoms with Crippen LogP contribution in [0.15, 0.2) is 36.4 Å². The Hall–Kier alpha value is -1.19. The van der Waals surface area contributed by atoms with Crippen LogP contribution in [0.3, 0.4) is 0 Å². The van der Waals surface area contributed by atoms with Gasteiger partial charge in [0.15, 0.2) is 0 Å². The van der Waals surface area contributed by atoms with E-state index in [1.165, 1.54) is 11.1 Å². The number of hydrogen-bond donors (Lipinski definition) is 0. The van der Waals surface area contributed by atoms with E-state index < -0.39 is 0 Å². The summed E-state index contributed by atoms with van der Waals surface area (Å²) in [5.74, 6) is 1.67. The van der Waals surface area contributed by atoms with Gasteiger partial charge >= 0.3 is 0 Å². The highest BCUT2D eigenvalue weighted by Gasteiger charge is 2.23. The van der Waals surface area contributed by atoms with E-state index in [1.54, 1.807) is 0 Å². The van der Waals surface area contributed by atoms with Crippen LogP contribution in [0.2, 0.25) is 5.02 Å². The summed E-state index contributed by atoms with van der Waals surface area (Å²) in [4.78, 5) is 0. The van der Waals surface area contributed by atoms with E-state index in [2.05, 4.69) is 35.0 Å². The summed E-state index contributed by atoms with van der Waals surface area (Å²) in [5.41, 5.74) is 3.64. The van der Waals surface area contributed by atoms with Crippen molar-refractivity contribution in [3.63, 3.8) is 0 Å². The van der Waals surface area contributed by atoms with E-state index in [0.29, 0.717) is 17.4 Å². The number of hydrogen-bond acceptors (Lipinski definition) is 2. The van der Waals surface area contributed by atoms with Crippen molar-refractivity contribution in [1.82, 2.24) is 0 Å². The second kappa shape index (κ2) is 6.29. The van der Waals surface area contributed by atoms with Crippen LogP contribution < -0.4 is 9.47 Å². The average Bonchev–Trinajstić information content (AvgIpc) is 2.87. The molecule has 0 radical (unpaired) electrons. The Morgan fingerprint density at radius 1 is 1.29 bits per heavy atom. The Bertz CT molecular complexity index is 657. The maximum absolute atomic E-state index is 6.22. The van der Waals surface area contributed by atoms with Gasteiger partial charge in [-0.25, -0.2) is 0 Å². The molecule has 3 rings (SSSR count). The molecule has 2 aromatic carbocycles. The minimum atomic E-state index is 0.0497. The Balaban J connectivity index is 1.62. The summed E-state index contributed by atoms with van der Waals surface area (Å²) in [7, 11) is 0. The highest BCUT2D eigenvalue weighted by molar-refractivity contribution is 9.08. The third-order valence-electron chi connectivity index (χ3n) is 3.53. The molecule has 2 aromatic rings. The number of rotatable bonds is 4. The number of benzene rings is 2. The first kappa shape index (κ1) is 14.7. The van der Waals surface area contributed by atoms with E-state index in [1.807, 2.05) is 24.3 Å². The maximum atomic E-state index is 6.22. The van der Waals surface area contributed by atoms with Gasteiger partial charge in [0, 0.05) is 11.8 Å². The third-order valence-corrected chi connectivity index (χ3v) is 4.48. The average molecular weight is 368 g/mol. The van der Waals surface area contributed by atoms with Crippen LogP contribution in [0.4, 0.5) is 0 Å². The van der Waals surface area contributed by atoms with Crippen molar-refractivity contribution < 1.29 is 9.47 Å². The molecular weight excluding hydrogens is 352 g/mol. The molecule has 2 nitrogen and oxygen atoms in total. The zero-order chi connectivity index (χ0) is 14.8. The van der Waals surface area contributed by atoms with Crippen LogP contribution in [-0.2, 0) is 11.8 Å². The fourth-order valence-corrected chi connectivity index (χ4v) is 3.08. The first-order valence-corrected chi connectivity index (χ1v) is 8.39. The molecule has 21 heavy (non-hydrogen) atoms. The Kier molecular flexibility index (Phi) is 4.41.